The quantitative estimate of drug-likeness (QED) is 0.692. The highest BCUT2D eigenvalue weighted by atomic mass is 32.2. The van der Waals surface area contributed by atoms with Crippen molar-refractivity contribution in [1.29, 1.82) is 0 Å². The maximum atomic E-state index is 12.9. The van der Waals surface area contributed by atoms with Crippen LogP contribution in [0, 0.1) is 5.41 Å². The molecule has 1 aliphatic rings. The van der Waals surface area contributed by atoms with E-state index in [1.54, 1.807) is 27.7 Å². The molecular formula is C20H30N2O6S. The lowest BCUT2D eigenvalue weighted by Gasteiger charge is -2.36. The fraction of sp³-hybridized carbons (Fsp3) is 0.600. The minimum Gasteiger partial charge on any atom is -0.481 e. The maximum absolute atomic E-state index is 12.9. The molecule has 1 heterocycles. The largest absolute Gasteiger partial charge is 0.481 e. The van der Waals surface area contributed by atoms with E-state index in [1.807, 2.05) is 0 Å². The normalized spacial score (nSPS) is 22.5. The van der Waals surface area contributed by atoms with Crippen molar-refractivity contribution in [1.82, 2.24) is 4.90 Å². The van der Waals surface area contributed by atoms with E-state index in [2.05, 4.69) is 0 Å². The van der Waals surface area contributed by atoms with Crippen LogP contribution in [0.1, 0.15) is 59.1 Å². The Hall–Kier alpha value is -2.29. The van der Waals surface area contributed by atoms with E-state index < -0.39 is 39.0 Å². The van der Waals surface area contributed by atoms with Gasteiger partial charge in [0.25, 0.3) is 0 Å². The number of carboxylic acids is 1. The van der Waals surface area contributed by atoms with E-state index in [0.29, 0.717) is 5.69 Å². The van der Waals surface area contributed by atoms with Crippen molar-refractivity contribution >= 4 is 27.6 Å². The molecule has 1 aromatic rings. The van der Waals surface area contributed by atoms with Crippen LogP contribution < -0.4 is 5.73 Å². The first-order chi connectivity index (χ1) is 13.3. The van der Waals surface area contributed by atoms with Gasteiger partial charge in [0.15, 0.2) is 9.84 Å². The van der Waals surface area contributed by atoms with E-state index in [0.717, 1.165) is 0 Å². The van der Waals surface area contributed by atoms with Gasteiger partial charge in [0.2, 0.25) is 0 Å². The van der Waals surface area contributed by atoms with Gasteiger partial charge < -0.3 is 15.6 Å². The molecule has 0 saturated carbocycles. The van der Waals surface area contributed by atoms with Crippen LogP contribution in [0.4, 0.5) is 10.5 Å². The van der Waals surface area contributed by atoms with Crippen molar-refractivity contribution in [3.8, 4) is 0 Å². The number of amides is 1. The zero-order chi connectivity index (χ0) is 22.2. The van der Waals surface area contributed by atoms with Crippen molar-refractivity contribution in [2.24, 2.45) is 5.41 Å². The monoisotopic (exact) mass is 426 g/mol. The number of carboxylic acid groups (broad SMARTS) is 1. The van der Waals surface area contributed by atoms with Crippen molar-refractivity contribution in [3.05, 3.63) is 23.8 Å². The number of aliphatic carboxylic acids is 1. The number of nitrogens with zero attached hydrogens (tertiary/aromatic N) is 1. The predicted octanol–water partition coefficient (Wildman–Crippen LogP) is 3.23. The van der Waals surface area contributed by atoms with Gasteiger partial charge in [-0.1, -0.05) is 13.8 Å². The van der Waals surface area contributed by atoms with Gasteiger partial charge in [-0.15, -0.1) is 0 Å². The Kier molecular flexibility index (Phi) is 6.23. The van der Waals surface area contributed by atoms with Crippen LogP contribution in [0.2, 0.25) is 0 Å². The Morgan fingerprint density at radius 2 is 1.93 bits per heavy atom. The first-order valence-electron chi connectivity index (χ1n) is 9.64. The smallest absolute Gasteiger partial charge is 0.410 e. The molecule has 1 aliphatic heterocycles. The molecule has 162 valence electrons. The molecule has 29 heavy (non-hydrogen) atoms. The summed E-state index contributed by atoms with van der Waals surface area (Å²) in [5.74, 6) is -1.24. The van der Waals surface area contributed by atoms with Crippen LogP contribution in [-0.2, 0) is 19.4 Å². The number of anilines is 1. The van der Waals surface area contributed by atoms with Gasteiger partial charge in [-0.25, -0.2) is 13.2 Å². The highest BCUT2D eigenvalue weighted by molar-refractivity contribution is 7.91. The third-order valence-electron chi connectivity index (χ3n) is 5.36. The fourth-order valence-electron chi connectivity index (χ4n) is 3.83. The minimum atomic E-state index is -3.68. The number of carbonyl (C=O) groups excluding carboxylic acids is 1. The fourth-order valence-corrected chi connectivity index (χ4v) is 4.95. The number of sulfone groups is 1. The minimum absolute atomic E-state index is 0.00580. The van der Waals surface area contributed by atoms with Crippen molar-refractivity contribution < 1.29 is 27.9 Å². The first kappa shape index (κ1) is 23.0. The van der Waals surface area contributed by atoms with Crippen LogP contribution in [0.3, 0.4) is 0 Å². The summed E-state index contributed by atoms with van der Waals surface area (Å²) >= 11 is 0. The molecular weight excluding hydrogens is 396 g/mol. The summed E-state index contributed by atoms with van der Waals surface area (Å²) in [7, 11) is -3.68. The molecule has 0 aliphatic carbocycles. The standard InChI is InChI=1S/C20H30N2O6S/c1-6-20(17(23)24)10-11-22(18(25)28-19(3,4)5)16(20)14-12-13(21)8-9-15(14)29(26,27)7-2/h8-9,12,16H,6-7,10-11,21H2,1-5H3,(H,23,24)/t16-,20+/m1/s1. The predicted molar refractivity (Wildman–Crippen MR) is 109 cm³/mol. The van der Waals surface area contributed by atoms with Gasteiger partial charge in [0.05, 0.1) is 22.1 Å². The summed E-state index contributed by atoms with van der Waals surface area (Å²) in [6.07, 6.45) is -0.281. The van der Waals surface area contributed by atoms with Crippen LogP contribution in [-0.4, -0.2) is 48.4 Å². The van der Waals surface area contributed by atoms with E-state index in [9.17, 15) is 23.1 Å². The summed E-state index contributed by atoms with van der Waals surface area (Å²) in [5.41, 5.74) is 4.32. The van der Waals surface area contributed by atoms with Crippen molar-refractivity contribution in [2.45, 2.75) is 64.0 Å². The lowest BCUT2D eigenvalue weighted by atomic mass is 9.75. The van der Waals surface area contributed by atoms with Crippen LogP contribution in [0.15, 0.2) is 23.1 Å². The molecule has 2 atom stereocenters. The second kappa shape index (κ2) is 7.85. The van der Waals surface area contributed by atoms with Gasteiger partial charge in [0, 0.05) is 12.2 Å². The summed E-state index contributed by atoms with van der Waals surface area (Å²) in [6, 6.07) is 3.30. The number of nitrogens with two attached hydrogens (primary N) is 1. The number of hydrogen-bond acceptors (Lipinski definition) is 6. The Balaban J connectivity index is 2.75. The number of rotatable bonds is 5. The molecule has 2 rings (SSSR count). The second-order valence-electron chi connectivity index (χ2n) is 8.34. The zero-order valence-corrected chi connectivity index (χ0v) is 18.4. The highest BCUT2D eigenvalue weighted by Crippen LogP contribution is 2.52. The number of ether oxygens (including phenoxy) is 1. The van der Waals surface area contributed by atoms with E-state index in [4.69, 9.17) is 10.5 Å². The third-order valence-corrected chi connectivity index (χ3v) is 7.16. The number of nitrogen functional groups attached to an aromatic ring is 1. The molecule has 1 amide bonds. The summed E-state index contributed by atoms with van der Waals surface area (Å²) < 4.78 is 31.0. The molecule has 0 radical (unpaired) electrons. The average Bonchev–Trinajstić information content (AvgIpc) is 3.01. The lowest BCUT2D eigenvalue weighted by Crippen LogP contribution is -2.42. The number of likely N-dealkylation sites (tertiary alicyclic amines) is 1. The van der Waals surface area contributed by atoms with Crippen LogP contribution >= 0.6 is 0 Å². The molecule has 3 N–H and O–H groups in total. The third kappa shape index (κ3) is 4.34. The molecule has 8 nitrogen and oxygen atoms in total. The van der Waals surface area contributed by atoms with Gasteiger partial charge >= 0.3 is 12.1 Å². The van der Waals surface area contributed by atoms with E-state index in [1.165, 1.54) is 30.0 Å². The zero-order valence-electron chi connectivity index (χ0n) is 17.6. The summed E-state index contributed by atoms with van der Waals surface area (Å²) in [4.78, 5) is 26.6. The maximum Gasteiger partial charge on any atom is 0.410 e. The molecule has 0 unspecified atom stereocenters. The van der Waals surface area contributed by atoms with Crippen molar-refractivity contribution in [3.63, 3.8) is 0 Å². The molecule has 1 saturated heterocycles. The lowest BCUT2D eigenvalue weighted by molar-refractivity contribution is -0.151. The Bertz CT molecular complexity index is 906. The summed E-state index contributed by atoms with van der Waals surface area (Å²) in [5, 5.41) is 10.1. The molecule has 1 aromatic carbocycles. The first-order valence-corrected chi connectivity index (χ1v) is 11.3. The topological polar surface area (TPSA) is 127 Å². The molecule has 9 heteroatoms. The van der Waals surface area contributed by atoms with Crippen LogP contribution in [0.5, 0.6) is 0 Å². The van der Waals surface area contributed by atoms with Gasteiger partial charge in [-0.2, -0.15) is 0 Å². The molecule has 0 spiro atoms. The van der Waals surface area contributed by atoms with Crippen molar-refractivity contribution in [2.75, 3.05) is 18.0 Å². The molecule has 1 fully saturated rings. The number of benzene rings is 1. The average molecular weight is 427 g/mol. The Labute approximate surface area is 171 Å². The summed E-state index contributed by atoms with van der Waals surface area (Å²) in [6.45, 7) is 8.52. The second-order valence-corrected chi connectivity index (χ2v) is 10.6. The Morgan fingerprint density at radius 1 is 1.31 bits per heavy atom. The molecule has 0 bridgehead atoms. The van der Waals surface area contributed by atoms with E-state index >= 15 is 0 Å². The van der Waals surface area contributed by atoms with E-state index in [-0.39, 0.29) is 35.6 Å². The van der Waals surface area contributed by atoms with Gasteiger partial charge in [-0.05, 0) is 57.4 Å². The number of carbonyl (C=O) groups is 2. The molecule has 0 aromatic heterocycles. The van der Waals surface area contributed by atoms with Gasteiger partial charge in [0.1, 0.15) is 5.60 Å². The SMILES string of the molecule is CC[C@]1(C(=O)O)CCN(C(=O)OC(C)(C)C)[C@@H]1c1cc(N)ccc1S(=O)(=O)CC. The van der Waals surface area contributed by atoms with Crippen LogP contribution in [0.25, 0.3) is 0 Å². The van der Waals surface area contributed by atoms with Gasteiger partial charge in [-0.3, -0.25) is 9.69 Å². The Morgan fingerprint density at radius 3 is 2.41 bits per heavy atom. The number of hydrogen-bond donors (Lipinski definition) is 2. The highest BCUT2D eigenvalue weighted by Gasteiger charge is 2.55.